The molecular weight excluding hydrogens is 565 g/mol. The van der Waals surface area contributed by atoms with E-state index in [1.165, 1.54) is 45.1 Å². The SMILES string of the molecule is CCC1(CN2CCC(F)CC2)CC1.Cc1nc2c(c(N3CCCCCC3C)n1)CN(C(=O)c1cc(O)cc3cccc(C)c13)C2. The quantitative estimate of drug-likeness (QED) is 0.321. The summed E-state index contributed by atoms with van der Waals surface area (Å²) in [6.45, 7) is 13.7. The molecule has 1 aliphatic carbocycles. The van der Waals surface area contributed by atoms with E-state index in [0.29, 0.717) is 30.1 Å². The number of hydrogen-bond acceptors (Lipinski definition) is 6. The Kier molecular flexibility index (Phi) is 9.32. The number of amides is 1. The highest BCUT2D eigenvalue weighted by atomic mass is 19.1. The number of likely N-dealkylation sites (tertiary alicyclic amines) is 1. The van der Waals surface area contributed by atoms with Gasteiger partial charge in [-0.25, -0.2) is 14.4 Å². The van der Waals surface area contributed by atoms with Gasteiger partial charge in [0.25, 0.3) is 5.91 Å². The molecule has 242 valence electrons. The van der Waals surface area contributed by atoms with Gasteiger partial charge in [0, 0.05) is 37.8 Å². The monoisotopic (exact) mass is 615 g/mol. The highest BCUT2D eigenvalue weighted by Gasteiger charge is 2.42. The molecule has 3 aromatic rings. The number of halogens is 1. The minimum absolute atomic E-state index is 0.0780. The maximum Gasteiger partial charge on any atom is 0.255 e. The number of phenols is 1. The number of alkyl halides is 1. The third-order valence-corrected chi connectivity index (χ3v) is 10.7. The molecule has 7 nitrogen and oxygen atoms in total. The number of carbonyl (C=O) groups excluding carboxylic acids is 1. The Morgan fingerprint density at radius 2 is 1.80 bits per heavy atom. The predicted molar refractivity (Wildman–Crippen MR) is 179 cm³/mol. The van der Waals surface area contributed by atoms with Gasteiger partial charge in [-0.05, 0) is 99.6 Å². The molecule has 1 N–H and O–H groups in total. The van der Waals surface area contributed by atoms with E-state index in [0.717, 1.165) is 78.1 Å². The molecule has 2 saturated heterocycles. The molecule has 45 heavy (non-hydrogen) atoms. The zero-order chi connectivity index (χ0) is 31.7. The fraction of sp³-hybridized carbons (Fsp3) is 0.595. The van der Waals surface area contributed by atoms with Crippen LogP contribution in [0.15, 0.2) is 30.3 Å². The van der Waals surface area contributed by atoms with Crippen molar-refractivity contribution in [2.75, 3.05) is 31.1 Å². The Labute approximate surface area is 267 Å². The van der Waals surface area contributed by atoms with Gasteiger partial charge in [-0.15, -0.1) is 0 Å². The fourth-order valence-electron chi connectivity index (χ4n) is 7.60. The Morgan fingerprint density at radius 3 is 2.53 bits per heavy atom. The van der Waals surface area contributed by atoms with E-state index in [2.05, 4.69) is 23.6 Å². The van der Waals surface area contributed by atoms with Crippen LogP contribution in [0.4, 0.5) is 10.2 Å². The number of anilines is 1. The van der Waals surface area contributed by atoms with Crippen molar-refractivity contribution in [3.05, 3.63) is 58.5 Å². The largest absolute Gasteiger partial charge is 0.508 e. The van der Waals surface area contributed by atoms with E-state index < -0.39 is 6.17 Å². The second-order valence-electron chi connectivity index (χ2n) is 14.0. The van der Waals surface area contributed by atoms with Gasteiger partial charge in [-0.2, -0.15) is 0 Å². The lowest BCUT2D eigenvalue weighted by Crippen LogP contribution is -2.38. The van der Waals surface area contributed by atoms with Gasteiger partial charge < -0.3 is 19.8 Å². The molecule has 3 fully saturated rings. The third kappa shape index (κ3) is 6.96. The summed E-state index contributed by atoms with van der Waals surface area (Å²) in [7, 11) is 0. The number of piperidine rings is 1. The molecule has 1 atom stereocenters. The first-order valence-electron chi connectivity index (χ1n) is 17.2. The number of benzene rings is 2. The van der Waals surface area contributed by atoms with Crippen molar-refractivity contribution in [2.24, 2.45) is 5.41 Å². The minimum atomic E-state index is -0.520. The summed E-state index contributed by atoms with van der Waals surface area (Å²) in [4.78, 5) is 29.9. The Morgan fingerprint density at radius 1 is 1.02 bits per heavy atom. The molecule has 0 spiro atoms. The van der Waals surface area contributed by atoms with Gasteiger partial charge in [0.15, 0.2) is 0 Å². The third-order valence-electron chi connectivity index (χ3n) is 10.7. The summed E-state index contributed by atoms with van der Waals surface area (Å²) in [5.41, 5.74) is 4.22. The maximum absolute atomic E-state index is 13.7. The number of hydrogen-bond donors (Lipinski definition) is 1. The Hall–Kier alpha value is -3.26. The minimum Gasteiger partial charge on any atom is -0.508 e. The normalized spacial score (nSPS) is 21.7. The lowest BCUT2D eigenvalue weighted by molar-refractivity contribution is 0.0752. The zero-order valence-electron chi connectivity index (χ0n) is 27.6. The smallest absolute Gasteiger partial charge is 0.255 e. The average Bonchev–Trinajstić information content (AvgIpc) is 3.72. The molecule has 3 aliphatic heterocycles. The van der Waals surface area contributed by atoms with E-state index in [-0.39, 0.29) is 11.7 Å². The maximum atomic E-state index is 13.7. The van der Waals surface area contributed by atoms with E-state index in [4.69, 9.17) is 9.97 Å². The summed E-state index contributed by atoms with van der Waals surface area (Å²) in [6, 6.07) is 9.62. The zero-order valence-corrected chi connectivity index (χ0v) is 27.6. The number of fused-ring (bicyclic) bond motifs is 2. The molecular formula is C37H50FN5O2. The topological polar surface area (TPSA) is 72.8 Å². The molecule has 7 rings (SSSR count). The van der Waals surface area contributed by atoms with Crippen LogP contribution < -0.4 is 4.90 Å². The van der Waals surface area contributed by atoms with Crippen molar-refractivity contribution in [2.45, 2.75) is 111 Å². The van der Waals surface area contributed by atoms with Crippen molar-refractivity contribution < 1.29 is 14.3 Å². The highest BCUT2D eigenvalue weighted by Crippen LogP contribution is 2.49. The summed E-state index contributed by atoms with van der Waals surface area (Å²) in [6.07, 6.45) is 9.95. The number of carbonyl (C=O) groups is 1. The summed E-state index contributed by atoms with van der Waals surface area (Å²) in [5, 5.41) is 12.0. The first-order chi connectivity index (χ1) is 21.7. The summed E-state index contributed by atoms with van der Waals surface area (Å²) >= 11 is 0. The molecule has 4 heterocycles. The van der Waals surface area contributed by atoms with Gasteiger partial charge in [0.1, 0.15) is 23.6 Å². The second kappa shape index (κ2) is 13.2. The standard InChI is InChI=1S/C26H30N4O2.C11H20FN/c1-16-8-7-10-19-12-20(31)13-21(24(16)19)26(32)29-14-22-23(15-29)27-18(3)28-25(22)30-11-6-4-5-9-17(30)2;1-2-11(5-6-11)9-13-7-3-10(12)4-8-13/h7-8,10,12-13,17,31H,4-6,9,11,14-15H2,1-3H3;10H,2-9H2,1H3. The van der Waals surface area contributed by atoms with Crippen molar-refractivity contribution >= 4 is 22.5 Å². The van der Waals surface area contributed by atoms with E-state index >= 15 is 0 Å². The van der Waals surface area contributed by atoms with Crippen LogP contribution in [-0.4, -0.2) is 69.2 Å². The predicted octanol–water partition coefficient (Wildman–Crippen LogP) is 7.49. The molecule has 1 unspecified atom stereocenters. The van der Waals surface area contributed by atoms with Crippen LogP contribution in [0.1, 0.15) is 105 Å². The van der Waals surface area contributed by atoms with Crippen molar-refractivity contribution in [3.63, 3.8) is 0 Å². The van der Waals surface area contributed by atoms with Crippen molar-refractivity contribution in [1.82, 2.24) is 19.8 Å². The van der Waals surface area contributed by atoms with E-state index in [1.807, 2.05) is 36.9 Å². The second-order valence-corrected chi connectivity index (χ2v) is 14.0. The van der Waals surface area contributed by atoms with Crippen molar-refractivity contribution in [1.29, 1.82) is 0 Å². The lowest BCUT2D eigenvalue weighted by Gasteiger charge is -2.31. The van der Waals surface area contributed by atoms with Crippen LogP contribution in [0.3, 0.4) is 0 Å². The number of phenolic OH excluding ortho intramolecular Hbond substituents is 1. The first kappa shape index (κ1) is 31.7. The molecule has 1 amide bonds. The number of rotatable bonds is 5. The van der Waals surface area contributed by atoms with Crippen LogP contribution in [0, 0.1) is 19.3 Å². The van der Waals surface area contributed by atoms with E-state index in [9.17, 15) is 14.3 Å². The van der Waals surface area contributed by atoms with Gasteiger partial charge in [0.2, 0.25) is 0 Å². The molecule has 4 aliphatic rings. The van der Waals surface area contributed by atoms with Crippen LogP contribution in [0.2, 0.25) is 0 Å². The highest BCUT2D eigenvalue weighted by molar-refractivity contribution is 6.09. The van der Waals surface area contributed by atoms with Gasteiger partial charge in [-0.1, -0.05) is 38.0 Å². The molecule has 1 saturated carbocycles. The van der Waals surface area contributed by atoms with Gasteiger partial charge in [0.05, 0.1) is 24.3 Å². The molecule has 8 heteroatoms. The Balaban J connectivity index is 0.000000229. The van der Waals surface area contributed by atoms with Crippen LogP contribution >= 0.6 is 0 Å². The lowest BCUT2D eigenvalue weighted by atomic mass is 9.98. The van der Waals surface area contributed by atoms with Crippen molar-refractivity contribution in [3.8, 4) is 5.75 Å². The number of aromatic hydroxyl groups is 1. The average molecular weight is 616 g/mol. The fourth-order valence-corrected chi connectivity index (χ4v) is 7.60. The van der Waals surface area contributed by atoms with Gasteiger partial charge in [-0.3, -0.25) is 4.79 Å². The van der Waals surface area contributed by atoms with Crippen LogP contribution in [0.5, 0.6) is 5.75 Å². The number of aryl methyl sites for hydroxylation is 2. The summed E-state index contributed by atoms with van der Waals surface area (Å²) in [5.74, 6) is 1.78. The molecule has 1 aromatic heterocycles. The van der Waals surface area contributed by atoms with E-state index in [1.54, 1.807) is 12.1 Å². The molecule has 2 aromatic carbocycles. The Bertz CT molecular complexity index is 1530. The van der Waals surface area contributed by atoms with Crippen LogP contribution in [-0.2, 0) is 13.1 Å². The van der Waals surface area contributed by atoms with Crippen LogP contribution in [0.25, 0.3) is 10.8 Å². The first-order valence-corrected chi connectivity index (χ1v) is 17.2. The molecule has 0 bridgehead atoms. The van der Waals surface area contributed by atoms with Gasteiger partial charge >= 0.3 is 0 Å². The summed E-state index contributed by atoms with van der Waals surface area (Å²) < 4.78 is 12.9. The number of aromatic nitrogens is 2. The number of nitrogens with zero attached hydrogens (tertiary/aromatic N) is 5. The molecule has 0 radical (unpaired) electrons.